The van der Waals surface area contributed by atoms with Crippen LogP contribution in [0.5, 0.6) is 5.75 Å². The Kier molecular flexibility index (Phi) is 3.82. The first-order valence-corrected chi connectivity index (χ1v) is 4.62. The highest BCUT2D eigenvalue weighted by Crippen LogP contribution is 2.31. The summed E-state index contributed by atoms with van der Waals surface area (Å²) >= 11 is 0. The summed E-state index contributed by atoms with van der Waals surface area (Å²) in [7, 11) is 1.39. The second kappa shape index (κ2) is 5.11. The van der Waals surface area contributed by atoms with E-state index >= 15 is 0 Å². The molecular weight excluding hydrogens is 212 g/mol. The number of rotatable bonds is 4. The lowest BCUT2D eigenvalue weighted by molar-refractivity contribution is 0.0523. The topological polar surface area (TPSA) is 91.0 Å². The molecule has 0 fully saturated rings. The molecule has 0 saturated carbocycles. The van der Waals surface area contributed by atoms with Crippen LogP contribution in [0.4, 0.5) is 11.4 Å². The molecule has 0 spiro atoms. The van der Waals surface area contributed by atoms with E-state index in [1.165, 1.54) is 19.2 Å². The first-order valence-electron chi connectivity index (χ1n) is 4.62. The number of hydrogen-bond acceptors (Lipinski definition) is 6. The first-order chi connectivity index (χ1) is 7.63. The van der Waals surface area contributed by atoms with Gasteiger partial charge in [0, 0.05) is 6.07 Å². The molecule has 0 bridgehead atoms. The van der Waals surface area contributed by atoms with Gasteiger partial charge in [-0.25, -0.2) is 4.79 Å². The van der Waals surface area contributed by atoms with Crippen molar-refractivity contribution in [1.82, 2.24) is 0 Å². The summed E-state index contributed by atoms with van der Waals surface area (Å²) in [6.45, 7) is 1.91. The van der Waals surface area contributed by atoms with Crippen LogP contribution in [0.3, 0.4) is 0 Å². The highest BCUT2D eigenvalue weighted by atomic mass is 16.5. The first kappa shape index (κ1) is 12.0. The van der Waals surface area contributed by atoms with Gasteiger partial charge >= 0.3 is 5.97 Å². The second-order valence-corrected chi connectivity index (χ2v) is 2.92. The van der Waals surface area contributed by atoms with Crippen LogP contribution in [-0.2, 0) is 4.74 Å². The molecule has 0 aliphatic rings. The van der Waals surface area contributed by atoms with Gasteiger partial charge in [0.2, 0.25) is 0 Å². The summed E-state index contributed by atoms with van der Waals surface area (Å²) in [5.41, 5.74) is 5.80. The number of benzene rings is 1. The standard InChI is InChI=1S/C10H12N2O4/c1-3-16-10(13)6-4-8(12-14)7(11)5-9(6)15-2/h4-5H,3,11H2,1-2H3. The smallest absolute Gasteiger partial charge is 0.341 e. The molecule has 1 aromatic rings. The molecule has 0 aliphatic carbocycles. The third-order valence-electron chi connectivity index (χ3n) is 1.94. The highest BCUT2D eigenvalue weighted by Gasteiger charge is 2.16. The Morgan fingerprint density at radius 1 is 1.50 bits per heavy atom. The monoisotopic (exact) mass is 224 g/mol. The molecule has 6 heteroatoms. The number of carbonyl (C=O) groups is 1. The lowest BCUT2D eigenvalue weighted by Gasteiger charge is -2.09. The molecule has 1 rings (SSSR count). The number of ether oxygens (including phenoxy) is 2. The molecule has 0 atom stereocenters. The molecule has 16 heavy (non-hydrogen) atoms. The van der Waals surface area contributed by atoms with Crippen molar-refractivity contribution in [3.63, 3.8) is 0 Å². The molecule has 0 aromatic heterocycles. The summed E-state index contributed by atoms with van der Waals surface area (Å²) < 4.78 is 9.77. The van der Waals surface area contributed by atoms with Gasteiger partial charge in [-0.15, -0.1) is 4.91 Å². The van der Waals surface area contributed by atoms with Gasteiger partial charge in [-0.2, -0.15) is 0 Å². The van der Waals surface area contributed by atoms with Crippen LogP contribution in [0.15, 0.2) is 17.3 Å². The second-order valence-electron chi connectivity index (χ2n) is 2.92. The molecule has 1 aromatic carbocycles. The minimum atomic E-state index is -0.579. The lowest BCUT2D eigenvalue weighted by Crippen LogP contribution is -2.07. The zero-order valence-electron chi connectivity index (χ0n) is 9.02. The van der Waals surface area contributed by atoms with Gasteiger partial charge in [-0.3, -0.25) is 0 Å². The minimum Gasteiger partial charge on any atom is -0.496 e. The van der Waals surface area contributed by atoms with Crippen molar-refractivity contribution >= 4 is 17.3 Å². The van der Waals surface area contributed by atoms with E-state index in [9.17, 15) is 9.70 Å². The third-order valence-corrected chi connectivity index (χ3v) is 1.94. The Bertz CT molecular complexity index is 418. The van der Waals surface area contributed by atoms with E-state index in [0.29, 0.717) is 0 Å². The van der Waals surface area contributed by atoms with Crippen LogP contribution in [0.2, 0.25) is 0 Å². The number of nitroso groups, excluding NO2 is 1. The summed E-state index contributed by atoms with van der Waals surface area (Å²) in [5, 5.41) is 2.71. The molecule has 0 saturated heterocycles. The highest BCUT2D eigenvalue weighted by molar-refractivity contribution is 5.95. The van der Waals surface area contributed by atoms with E-state index in [0.717, 1.165) is 0 Å². The quantitative estimate of drug-likeness (QED) is 0.478. The maximum atomic E-state index is 11.5. The molecule has 86 valence electrons. The van der Waals surface area contributed by atoms with Gasteiger partial charge in [0.15, 0.2) is 0 Å². The summed E-state index contributed by atoms with van der Waals surface area (Å²) in [5.74, 6) is -0.326. The zero-order chi connectivity index (χ0) is 12.1. The maximum Gasteiger partial charge on any atom is 0.341 e. The molecule has 0 heterocycles. The zero-order valence-corrected chi connectivity index (χ0v) is 9.02. The van der Waals surface area contributed by atoms with Crippen LogP contribution >= 0.6 is 0 Å². The van der Waals surface area contributed by atoms with Gasteiger partial charge in [-0.05, 0) is 18.2 Å². The van der Waals surface area contributed by atoms with Crippen molar-refractivity contribution in [1.29, 1.82) is 0 Å². The maximum absolute atomic E-state index is 11.5. The Morgan fingerprint density at radius 2 is 2.19 bits per heavy atom. The van der Waals surface area contributed by atoms with Gasteiger partial charge < -0.3 is 15.2 Å². The van der Waals surface area contributed by atoms with E-state index in [1.807, 2.05) is 0 Å². The number of methoxy groups -OCH3 is 1. The Hall–Kier alpha value is -2.11. The average molecular weight is 224 g/mol. The van der Waals surface area contributed by atoms with Crippen molar-refractivity contribution in [3.05, 3.63) is 22.6 Å². The molecule has 2 N–H and O–H groups in total. The van der Waals surface area contributed by atoms with Crippen LogP contribution in [0, 0.1) is 4.91 Å². The molecule has 6 nitrogen and oxygen atoms in total. The van der Waals surface area contributed by atoms with E-state index in [-0.39, 0.29) is 29.3 Å². The van der Waals surface area contributed by atoms with Crippen molar-refractivity contribution in [2.45, 2.75) is 6.92 Å². The number of nitrogens with two attached hydrogens (primary N) is 1. The van der Waals surface area contributed by atoms with Crippen LogP contribution < -0.4 is 10.5 Å². The van der Waals surface area contributed by atoms with Gasteiger partial charge in [-0.1, -0.05) is 0 Å². The molecule has 0 aliphatic heterocycles. The fraction of sp³-hybridized carbons (Fsp3) is 0.300. The van der Waals surface area contributed by atoms with E-state index in [4.69, 9.17) is 15.2 Å². The fourth-order valence-electron chi connectivity index (χ4n) is 1.20. The molecule has 0 unspecified atom stereocenters. The SMILES string of the molecule is CCOC(=O)c1cc(N=O)c(N)cc1OC. The van der Waals surface area contributed by atoms with E-state index in [2.05, 4.69) is 5.18 Å². The Balaban J connectivity index is 3.24. The summed E-state index contributed by atoms with van der Waals surface area (Å²) in [6.07, 6.45) is 0. The Morgan fingerprint density at radius 3 is 2.69 bits per heavy atom. The summed E-state index contributed by atoms with van der Waals surface area (Å²) in [6, 6.07) is 2.61. The number of carbonyl (C=O) groups excluding carboxylic acids is 1. The van der Waals surface area contributed by atoms with Crippen LogP contribution in [-0.4, -0.2) is 19.7 Å². The normalized spacial score (nSPS) is 9.62. The Labute approximate surface area is 92.3 Å². The van der Waals surface area contributed by atoms with Gasteiger partial charge in [0.1, 0.15) is 17.0 Å². The van der Waals surface area contributed by atoms with Crippen molar-refractivity contribution in [3.8, 4) is 5.75 Å². The van der Waals surface area contributed by atoms with Crippen LogP contribution in [0.1, 0.15) is 17.3 Å². The number of anilines is 1. The van der Waals surface area contributed by atoms with Gasteiger partial charge in [0.25, 0.3) is 0 Å². The number of nitrogens with zero attached hydrogens (tertiary/aromatic N) is 1. The predicted molar refractivity (Wildman–Crippen MR) is 58.8 cm³/mol. The number of esters is 1. The lowest BCUT2D eigenvalue weighted by atomic mass is 10.1. The largest absolute Gasteiger partial charge is 0.496 e. The van der Waals surface area contributed by atoms with Crippen molar-refractivity contribution < 1.29 is 14.3 Å². The molecule has 0 amide bonds. The third kappa shape index (κ3) is 2.28. The van der Waals surface area contributed by atoms with Crippen molar-refractivity contribution in [2.75, 3.05) is 19.5 Å². The minimum absolute atomic E-state index is 0.0103. The number of hydrogen-bond donors (Lipinski definition) is 1. The van der Waals surface area contributed by atoms with Gasteiger partial charge in [0.05, 0.1) is 19.4 Å². The average Bonchev–Trinajstić information content (AvgIpc) is 2.28. The van der Waals surface area contributed by atoms with E-state index < -0.39 is 5.97 Å². The van der Waals surface area contributed by atoms with Crippen LogP contribution in [0.25, 0.3) is 0 Å². The molecular formula is C10H12N2O4. The number of nitrogen functional groups attached to an aromatic ring is 1. The van der Waals surface area contributed by atoms with Crippen molar-refractivity contribution in [2.24, 2.45) is 5.18 Å². The predicted octanol–water partition coefficient (Wildman–Crippen LogP) is 1.85. The fourth-order valence-corrected chi connectivity index (χ4v) is 1.20. The molecule has 0 radical (unpaired) electrons. The van der Waals surface area contributed by atoms with E-state index in [1.54, 1.807) is 6.92 Å². The summed E-state index contributed by atoms with van der Waals surface area (Å²) in [4.78, 5) is 22.0.